The summed E-state index contributed by atoms with van der Waals surface area (Å²) in [4.78, 5) is 17.1. The molecule has 0 aliphatic carbocycles. The fourth-order valence-corrected chi connectivity index (χ4v) is 2.84. The smallest absolute Gasteiger partial charge is 0.240 e. The molecule has 1 N–H and O–H groups in total. The summed E-state index contributed by atoms with van der Waals surface area (Å²) in [6.45, 7) is 1.44. The maximum Gasteiger partial charge on any atom is 0.240 e. The summed E-state index contributed by atoms with van der Waals surface area (Å²) in [5.74, 6) is 1.51. The van der Waals surface area contributed by atoms with Gasteiger partial charge in [-0.25, -0.2) is 4.98 Å². The molecular weight excluding hydrogens is 330 g/mol. The van der Waals surface area contributed by atoms with E-state index in [0.717, 1.165) is 34.6 Å². The summed E-state index contributed by atoms with van der Waals surface area (Å²) in [5.41, 5.74) is 2.74. The number of carbonyl (C=O) groups excluding carboxylic acids is 1. The molecule has 0 bridgehead atoms. The predicted octanol–water partition coefficient (Wildman–Crippen LogP) is 2.86. The molecule has 1 amide bonds. The van der Waals surface area contributed by atoms with Crippen LogP contribution in [0.5, 0.6) is 5.75 Å². The topological polar surface area (TPSA) is 65.4 Å². The van der Waals surface area contributed by atoms with Gasteiger partial charge in [0.05, 0.1) is 18.1 Å². The normalized spacial score (nSPS) is 10.8. The standard InChI is InChI=1S/C20H23N3O3/c1-25-13-5-12-21-19(24)14-23-18-7-4-3-6-17(18)22-20(23)15-8-10-16(26-2)11-9-15/h3-4,6-11H,5,12-14H2,1-2H3,(H,21,24). The highest BCUT2D eigenvalue weighted by Gasteiger charge is 2.15. The fraction of sp³-hybridized carbons (Fsp3) is 0.300. The molecule has 3 aromatic rings. The van der Waals surface area contributed by atoms with E-state index < -0.39 is 0 Å². The van der Waals surface area contributed by atoms with Crippen molar-refractivity contribution in [2.45, 2.75) is 13.0 Å². The summed E-state index contributed by atoms with van der Waals surface area (Å²) < 4.78 is 12.2. The molecule has 6 nitrogen and oxygen atoms in total. The van der Waals surface area contributed by atoms with E-state index in [2.05, 4.69) is 5.32 Å². The van der Waals surface area contributed by atoms with Crippen molar-refractivity contribution in [3.8, 4) is 17.1 Å². The molecule has 0 spiro atoms. The van der Waals surface area contributed by atoms with Crippen molar-refractivity contribution in [3.63, 3.8) is 0 Å². The first kappa shape index (κ1) is 17.9. The quantitative estimate of drug-likeness (QED) is 0.633. The summed E-state index contributed by atoms with van der Waals surface area (Å²) in [6, 6.07) is 15.5. The Labute approximate surface area is 152 Å². The van der Waals surface area contributed by atoms with Crippen LogP contribution in [0.25, 0.3) is 22.4 Å². The Balaban J connectivity index is 1.88. The molecule has 1 heterocycles. The SMILES string of the molecule is COCCCNC(=O)Cn1c(-c2ccc(OC)cc2)nc2ccccc21. The monoisotopic (exact) mass is 353 g/mol. The van der Waals surface area contributed by atoms with Gasteiger partial charge in [0.2, 0.25) is 5.91 Å². The molecule has 26 heavy (non-hydrogen) atoms. The minimum absolute atomic E-state index is 0.0426. The van der Waals surface area contributed by atoms with Crippen LogP contribution in [0.2, 0.25) is 0 Å². The summed E-state index contributed by atoms with van der Waals surface area (Å²) >= 11 is 0. The number of para-hydroxylation sites is 2. The van der Waals surface area contributed by atoms with Crippen LogP contribution >= 0.6 is 0 Å². The van der Waals surface area contributed by atoms with Crippen LogP contribution in [-0.4, -0.2) is 42.8 Å². The number of methoxy groups -OCH3 is 2. The van der Waals surface area contributed by atoms with Gasteiger partial charge in [0, 0.05) is 25.8 Å². The molecule has 2 aromatic carbocycles. The molecule has 6 heteroatoms. The van der Waals surface area contributed by atoms with Crippen LogP contribution in [0, 0.1) is 0 Å². The molecule has 3 rings (SSSR count). The van der Waals surface area contributed by atoms with E-state index in [1.165, 1.54) is 0 Å². The Bertz CT molecular complexity index is 872. The van der Waals surface area contributed by atoms with Crippen molar-refractivity contribution in [2.24, 2.45) is 0 Å². The number of hydrogen-bond donors (Lipinski definition) is 1. The zero-order chi connectivity index (χ0) is 18.4. The lowest BCUT2D eigenvalue weighted by molar-refractivity contribution is -0.121. The summed E-state index contributed by atoms with van der Waals surface area (Å²) in [6.07, 6.45) is 0.790. The second-order valence-corrected chi connectivity index (χ2v) is 5.94. The van der Waals surface area contributed by atoms with Crippen molar-refractivity contribution >= 4 is 16.9 Å². The summed E-state index contributed by atoms with van der Waals surface area (Å²) in [5, 5.41) is 2.93. The Kier molecular flexibility index (Phi) is 5.86. The zero-order valence-electron chi connectivity index (χ0n) is 15.1. The number of carbonyl (C=O) groups is 1. The van der Waals surface area contributed by atoms with Crippen molar-refractivity contribution in [2.75, 3.05) is 27.4 Å². The number of rotatable bonds is 8. The van der Waals surface area contributed by atoms with Gasteiger partial charge < -0.3 is 19.4 Å². The van der Waals surface area contributed by atoms with Crippen molar-refractivity contribution in [1.82, 2.24) is 14.9 Å². The van der Waals surface area contributed by atoms with Gasteiger partial charge in [-0.15, -0.1) is 0 Å². The van der Waals surface area contributed by atoms with Gasteiger partial charge in [-0.1, -0.05) is 12.1 Å². The third-order valence-corrected chi connectivity index (χ3v) is 4.15. The number of nitrogens with one attached hydrogen (secondary N) is 1. The van der Waals surface area contributed by atoms with Crippen LogP contribution < -0.4 is 10.1 Å². The van der Waals surface area contributed by atoms with E-state index in [-0.39, 0.29) is 12.5 Å². The van der Waals surface area contributed by atoms with Crippen LogP contribution in [0.15, 0.2) is 48.5 Å². The number of fused-ring (bicyclic) bond motifs is 1. The molecule has 0 radical (unpaired) electrons. The Morgan fingerprint density at radius 1 is 1.12 bits per heavy atom. The third-order valence-electron chi connectivity index (χ3n) is 4.15. The van der Waals surface area contributed by atoms with E-state index in [4.69, 9.17) is 14.5 Å². The van der Waals surface area contributed by atoms with Gasteiger partial charge in [0.1, 0.15) is 18.1 Å². The maximum absolute atomic E-state index is 12.4. The second kappa shape index (κ2) is 8.49. The molecule has 136 valence electrons. The maximum atomic E-state index is 12.4. The Morgan fingerprint density at radius 2 is 1.88 bits per heavy atom. The first-order valence-electron chi connectivity index (χ1n) is 8.58. The van der Waals surface area contributed by atoms with Crippen LogP contribution in [0.3, 0.4) is 0 Å². The van der Waals surface area contributed by atoms with E-state index >= 15 is 0 Å². The number of nitrogens with zero attached hydrogens (tertiary/aromatic N) is 2. The Morgan fingerprint density at radius 3 is 2.62 bits per heavy atom. The molecule has 0 aliphatic heterocycles. The molecule has 0 saturated heterocycles. The van der Waals surface area contributed by atoms with E-state index in [0.29, 0.717) is 13.2 Å². The van der Waals surface area contributed by atoms with Gasteiger partial charge in [0.15, 0.2) is 0 Å². The largest absolute Gasteiger partial charge is 0.497 e. The average Bonchev–Trinajstić information content (AvgIpc) is 3.04. The van der Waals surface area contributed by atoms with Gasteiger partial charge in [-0.3, -0.25) is 4.79 Å². The van der Waals surface area contributed by atoms with Gasteiger partial charge >= 0.3 is 0 Å². The highest BCUT2D eigenvalue weighted by molar-refractivity contribution is 5.84. The number of benzene rings is 2. The predicted molar refractivity (Wildman–Crippen MR) is 101 cm³/mol. The fourth-order valence-electron chi connectivity index (χ4n) is 2.84. The lowest BCUT2D eigenvalue weighted by atomic mass is 10.2. The molecule has 0 aliphatic rings. The van der Waals surface area contributed by atoms with Crippen LogP contribution in [0.1, 0.15) is 6.42 Å². The third kappa shape index (κ3) is 4.03. The Hall–Kier alpha value is -2.86. The molecule has 0 unspecified atom stereocenters. The highest BCUT2D eigenvalue weighted by atomic mass is 16.5. The highest BCUT2D eigenvalue weighted by Crippen LogP contribution is 2.26. The number of hydrogen-bond acceptors (Lipinski definition) is 4. The van der Waals surface area contributed by atoms with Crippen LogP contribution in [-0.2, 0) is 16.1 Å². The molecule has 0 atom stereocenters. The lowest BCUT2D eigenvalue weighted by Gasteiger charge is -2.10. The van der Waals surface area contributed by atoms with Crippen molar-refractivity contribution in [1.29, 1.82) is 0 Å². The number of ether oxygens (including phenoxy) is 2. The van der Waals surface area contributed by atoms with Gasteiger partial charge in [-0.05, 0) is 42.8 Å². The summed E-state index contributed by atoms with van der Waals surface area (Å²) in [7, 11) is 3.29. The first-order valence-corrected chi connectivity index (χ1v) is 8.58. The number of amides is 1. The average molecular weight is 353 g/mol. The number of aromatic nitrogens is 2. The van der Waals surface area contributed by atoms with E-state index in [1.807, 2.05) is 53.1 Å². The molecular formula is C20H23N3O3. The van der Waals surface area contributed by atoms with E-state index in [9.17, 15) is 4.79 Å². The molecule has 0 saturated carbocycles. The first-order chi connectivity index (χ1) is 12.7. The van der Waals surface area contributed by atoms with Crippen molar-refractivity contribution in [3.05, 3.63) is 48.5 Å². The zero-order valence-corrected chi connectivity index (χ0v) is 15.1. The van der Waals surface area contributed by atoms with Crippen LogP contribution in [0.4, 0.5) is 0 Å². The van der Waals surface area contributed by atoms with Crippen molar-refractivity contribution < 1.29 is 14.3 Å². The lowest BCUT2D eigenvalue weighted by Crippen LogP contribution is -2.29. The molecule has 0 fully saturated rings. The number of imidazole rings is 1. The van der Waals surface area contributed by atoms with E-state index in [1.54, 1.807) is 14.2 Å². The van der Waals surface area contributed by atoms with Gasteiger partial charge in [-0.2, -0.15) is 0 Å². The minimum atomic E-state index is -0.0426. The second-order valence-electron chi connectivity index (χ2n) is 5.94. The minimum Gasteiger partial charge on any atom is -0.497 e. The van der Waals surface area contributed by atoms with Gasteiger partial charge in [0.25, 0.3) is 0 Å². The molecule has 1 aromatic heterocycles.